The molecule has 1 aliphatic rings. The number of hydrogen-bond acceptors (Lipinski definition) is 7. The second-order valence-electron chi connectivity index (χ2n) is 10.8. The van der Waals surface area contributed by atoms with Gasteiger partial charge in [0.05, 0.1) is 34.6 Å². The highest BCUT2D eigenvalue weighted by Gasteiger charge is 2.36. The van der Waals surface area contributed by atoms with Crippen LogP contribution < -0.4 is 15.0 Å². The van der Waals surface area contributed by atoms with Crippen LogP contribution in [-0.4, -0.2) is 56.4 Å². The molecule has 10 heteroatoms. The zero-order chi connectivity index (χ0) is 27.8. The number of hydrogen-bond donors (Lipinski definition) is 2. The summed E-state index contributed by atoms with van der Waals surface area (Å²) in [4.78, 5) is 19.5. The van der Waals surface area contributed by atoms with Crippen molar-refractivity contribution < 1.29 is 19.0 Å². The van der Waals surface area contributed by atoms with Crippen LogP contribution in [0.1, 0.15) is 43.1 Å². The largest absolute Gasteiger partial charge is 0.489 e. The van der Waals surface area contributed by atoms with Gasteiger partial charge in [-0.15, -0.1) is 0 Å². The van der Waals surface area contributed by atoms with Crippen molar-refractivity contribution in [2.45, 2.75) is 38.3 Å². The number of aliphatic hydroxyl groups is 1. The van der Waals surface area contributed by atoms with E-state index in [1.165, 1.54) is 24.4 Å². The Morgan fingerprint density at radius 1 is 1.28 bits per heavy atom. The van der Waals surface area contributed by atoms with Gasteiger partial charge in [-0.25, -0.2) is 13.9 Å². The molecule has 1 aromatic carbocycles. The molecule has 0 aliphatic carbocycles. The highest BCUT2D eigenvalue weighted by atomic mass is 19.1. The molecule has 1 unspecified atom stereocenters. The highest BCUT2D eigenvalue weighted by molar-refractivity contribution is 5.94. The summed E-state index contributed by atoms with van der Waals surface area (Å²) in [6.07, 6.45) is 5.62. The zero-order valence-corrected chi connectivity index (χ0v) is 22.0. The summed E-state index contributed by atoms with van der Waals surface area (Å²) in [6, 6.07) is 13.5. The maximum Gasteiger partial charge on any atom is 0.251 e. The van der Waals surface area contributed by atoms with Crippen LogP contribution in [0, 0.1) is 17.1 Å². The average molecular weight is 529 g/mol. The normalized spacial score (nSPS) is 17.3. The quantitative estimate of drug-likeness (QED) is 0.373. The maximum absolute atomic E-state index is 13.6. The minimum Gasteiger partial charge on any atom is -0.489 e. The Hall–Kier alpha value is -4.49. The van der Waals surface area contributed by atoms with Crippen LogP contribution in [0.25, 0.3) is 16.6 Å². The predicted molar refractivity (Wildman–Crippen MR) is 144 cm³/mol. The van der Waals surface area contributed by atoms with Crippen molar-refractivity contribution in [3.05, 3.63) is 78.0 Å². The van der Waals surface area contributed by atoms with Crippen molar-refractivity contribution in [1.29, 1.82) is 5.26 Å². The van der Waals surface area contributed by atoms with Gasteiger partial charge in [0.15, 0.2) is 0 Å². The van der Waals surface area contributed by atoms with E-state index < -0.39 is 17.0 Å². The van der Waals surface area contributed by atoms with Crippen LogP contribution in [0.15, 0.2) is 61.1 Å². The molecule has 1 amide bonds. The lowest BCUT2D eigenvalue weighted by Crippen LogP contribution is -2.48. The van der Waals surface area contributed by atoms with E-state index in [-0.39, 0.29) is 18.1 Å². The smallest absolute Gasteiger partial charge is 0.251 e. The van der Waals surface area contributed by atoms with Gasteiger partial charge in [0.2, 0.25) is 0 Å². The number of aromatic nitrogens is 3. The Morgan fingerprint density at radius 2 is 2.10 bits per heavy atom. The van der Waals surface area contributed by atoms with Gasteiger partial charge in [0, 0.05) is 36.0 Å². The molecule has 3 aromatic heterocycles. The molecule has 0 bridgehead atoms. The van der Waals surface area contributed by atoms with Crippen LogP contribution in [0.2, 0.25) is 0 Å². The summed E-state index contributed by atoms with van der Waals surface area (Å²) in [6.45, 7) is 6.62. The van der Waals surface area contributed by atoms with Crippen molar-refractivity contribution in [2.24, 2.45) is 0 Å². The van der Waals surface area contributed by atoms with E-state index in [1.54, 1.807) is 36.8 Å². The number of carbonyl (C=O) groups excluding carboxylic acids is 1. The molecule has 1 atom stereocenters. The number of ether oxygens (including phenoxy) is 1. The fourth-order valence-corrected chi connectivity index (χ4v) is 4.70. The second kappa shape index (κ2) is 10.0. The summed E-state index contributed by atoms with van der Waals surface area (Å²) in [7, 11) is 0. The third-order valence-corrected chi connectivity index (χ3v) is 6.66. The molecule has 1 fully saturated rings. The number of anilines is 1. The maximum atomic E-state index is 13.6. The van der Waals surface area contributed by atoms with Crippen LogP contribution in [0.3, 0.4) is 0 Å². The summed E-state index contributed by atoms with van der Waals surface area (Å²) >= 11 is 0. The van der Waals surface area contributed by atoms with E-state index in [4.69, 9.17) is 4.74 Å². The first-order valence-corrected chi connectivity index (χ1v) is 12.6. The monoisotopic (exact) mass is 528 g/mol. The Labute approximate surface area is 225 Å². The number of carbonyl (C=O) groups is 1. The summed E-state index contributed by atoms with van der Waals surface area (Å²) < 4.78 is 21.0. The molecule has 2 N–H and O–H groups in total. The third kappa shape index (κ3) is 5.68. The summed E-state index contributed by atoms with van der Waals surface area (Å²) in [5.41, 5.74) is 1.33. The Morgan fingerprint density at radius 3 is 2.79 bits per heavy atom. The van der Waals surface area contributed by atoms with Crippen molar-refractivity contribution in [2.75, 3.05) is 24.6 Å². The van der Waals surface area contributed by atoms with Crippen LogP contribution in [0.4, 0.5) is 10.2 Å². The van der Waals surface area contributed by atoms with E-state index in [9.17, 15) is 19.6 Å². The molecule has 200 valence electrons. The standard InChI is InChI=1S/C29H29FN6O3/c1-28(2,38)18-39-23-12-24(26-21(13-31)15-33-36(26)16-23)20-7-8-25(32-14-20)35-10-9-29(3,17-35)34-27(37)19-5-4-6-22(30)11-19/h4-8,11-12,14-16,38H,9-10,17-18H2,1-3H3,(H,34,37). The minimum absolute atomic E-state index is 0.0883. The van der Waals surface area contributed by atoms with Crippen molar-refractivity contribution in [1.82, 2.24) is 19.9 Å². The number of pyridine rings is 2. The number of fused-ring (bicyclic) bond motifs is 1. The van der Waals surface area contributed by atoms with E-state index >= 15 is 0 Å². The molecule has 0 radical (unpaired) electrons. The van der Waals surface area contributed by atoms with E-state index in [2.05, 4.69) is 26.4 Å². The average Bonchev–Trinajstić information content (AvgIpc) is 3.50. The molecule has 9 nitrogen and oxygen atoms in total. The van der Waals surface area contributed by atoms with Gasteiger partial charge in [0.1, 0.15) is 30.1 Å². The topological polar surface area (TPSA) is 116 Å². The summed E-state index contributed by atoms with van der Waals surface area (Å²) in [5.74, 6) is 0.490. The second-order valence-corrected chi connectivity index (χ2v) is 10.8. The molecule has 0 spiro atoms. The molecule has 0 saturated carbocycles. The lowest BCUT2D eigenvalue weighted by molar-refractivity contribution is 0.0283. The molecule has 39 heavy (non-hydrogen) atoms. The fraction of sp³-hybridized carbons (Fsp3) is 0.310. The van der Waals surface area contributed by atoms with Crippen molar-refractivity contribution >= 4 is 17.2 Å². The number of nitriles is 1. The summed E-state index contributed by atoms with van der Waals surface area (Å²) in [5, 5.41) is 27.0. The SMILES string of the molecule is CC(C)(O)COc1cc(-c2ccc(N3CCC(C)(NC(=O)c4cccc(F)c4)C3)nc2)c2c(C#N)cnn2c1. The van der Waals surface area contributed by atoms with Gasteiger partial charge in [-0.05, 0) is 63.6 Å². The van der Waals surface area contributed by atoms with Crippen LogP contribution in [0.5, 0.6) is 5.75 Å². The fourth-order valence-electron chi connectivity index (χ4n) is 4.70. The number of nitrogens with zero attached hydrogens (tertiary/aromatic N) is 5. The number of nitrogens with one attached hydrogen (secondary N) is 1. The number of amides is 1. The van der Waals surface area contributed by atoms with Crippen LogP contribution in [-0.2, 0) is 0 Å². The van der Waals surface area contributed by atoms with Gasteiger partial charge in [0.25, 0.3) is 5.91 Å². The number of benzene rings is 1. The lowest BCUT2D eigenvalue weighted by Gasteiger charge is -2.26. The molecule has 4 aromatic rings. The van der Waals surface area contributed by atoms with Gasteiger partial charge in [-0.1, -0.05) is 6.07 Å². The zero-order valence-electron chi connectivity index (χ0n) is 22.0. The Bertz CT molecular complexity index is 1570. The Balaban J connectivity index is 1.36. The molecule has 4 heterocycles. The number of halogens is 1. The third-order valence-electron chi connectivity index (χ3n) is 6.66. The Kier molecular flexibility index (Phi) is 6.70. The van der Waals surface area contributed by atoms with Crippen LogP contribution >= 0.6 is 0 Å². The first-order valence-electron chi connectivity index (χ1n) is 12.6. The van der Waals surface area contributed by atoms with Gasteiger partial charge >= 0.3 is 0 Å². The molecular formula is C29H29FN6O3. The molecule has 1 aliphatic heterocycles. The molecule has 5 rings (SSSR count). The number of rotatable bonds is 7. The van der Waals surface area contributed by atoms with Gasteiger partial charge in [-0.3, -0.25) is 4.79 Å². The minimum atomic E-state index is -1.01. The highest BCUT2D eigenvalue weighted by Crippen LogP contribution is 2.33. The predicted octanol–water partition coefficient (Wildman–Crippen LogP) is 3.96. The van der Waals surface area contributed by atoms with E-state index in [1.807, 2.05) is 25.1 Å². The van der Waals surface area contributed by atoms with E-state index in [0.717, 1.165) is 16.9 Å². The molecular weight excluding hydrogens is 499 g/mol. The first-order chi connectivity index (χ1) is 18.5. The first kappa shape index (κ1) is 26.1. The molecule has 1 saturated heterocycles. The van der Waals surface area contributed by atoms with Crippen molar-refractivity contribution in [3.8, 4) is 22.9 Å². The van der Waals surface area contributed by atoms with Crippen molar-refractivity contribution in [3.63, 3.8) is 0 Å². The van der Waals surface area contributed by atoms with Gasteiger partial charge < -0.3 is 20.1 Å². The van der Waals surface area contributed by atoms with E-state index in [0.29, 0.717) is 36.3 Å². The van der Waals surface area contributed by atoms with Gasteiger partial charge in [-0.2, -0.15) is 10.4 Å². The lowest BCUT2D eigenvalue weighted by atomic mass is 10.0.